The summed E-state index contributed by atoms with van der Waals surface area (Å²) in [6, 6.07) is 10.9. The molecule has 3 rings (SSSR count). The van der Waals surface area contributed by atoms with Crippen molar-refractivity contribution in [3.8, 4) is 17.7 Å². The average Bonchev–Trinajstić information content (AvgIpc) is 2.67. The number of anilines is 1. The monoisotopic (exact) mass is 453 g/mol. The Kier molecular flexibility index (Phi) is 7.01. The molecule has 0 aliphatic rings. The molecule has 2 aromatic heterocycles. The van der Waals surface area contributed by atoms with Gasteiger partial charge in [0.1, 0.15) is 16.7 Å². The number of nitrogens with zero attached hydrogens (tertiary/aromatic N) is 3. The molecule has 0 bridgehead atoms. The number of nitrogens with one attached hydrogen (secondary N) is 1. The van der Waals surface area contributed by atoms with E-state index >= 15 is 0 Å². The van der Waals surface area contributed by atoms with Gasteiger partial charge in [0.25, 0.3) is 5.56 Å². The Morgan fingerprint density at radius 1 is 1.22 bits per heavy atom. The number of aromatic amines is 1. The number of halogens is 1. The number of hydrogen-bond donors (Lipinski definition) is 2. The third-order valence-electron chi connectivity index (χ3n) is 4.83. The normalized spacial score (nSPS) is 10.9. The lowest BCUT2D eigenvalue weighted by Gasteiger charge is -2.19. The van der Waals surface area contributed by atoms with Gasteiger partial charge in [-0.05, 0) is 60.2 Å². The van der Waals surface area contributed by atoms with Gasteiger partial charge in [0.2, 0.25) is 5.88 Å². The van der Waals surface area contributed by atoms with Crippen molar-refractivity contribution in [2.24, 2.45) is 0 Å². The molecule has 3 N–H and O–H groups in total. The van der Waals surface area contributed by atoms with Crippen molar-refractivity contribution in [3.05, 3.63) is 78.6 Å². The number of nitrogens with two attached hydrogens (primary N) is 1. The highest BCUT2D eigenvalue weighted by Gasteiger charge is 2.21. The number of nitriles is 1. The number of rotatable bonds is 7. The predicted octanol–water partition coefficient (Wildman–Crippen LogP) is 3.90. The standard InChI is InChI=1S/C23H24ClN5O3/c1-13(2)20-21(30)28-23(31)29(12-16-10-18(24)27-19(26)11-16)22(20)32-17-8-14(3)7-15(9-17)5-4-6-25/h7-11,13H,4-5,12H2,1-3H3,(H2,26,27)(H,28,30,31). The Hall–Kier alpha value is -3.57. The number of aromatic nitrogens is 3. The van der Waals surface area contributed by atoms with Gasteiger partial charge in [0.05, 0.1) is 18.2 Å². The third-order valence-corrected chi connectivity index (χ3v) is 5.02. The van der Waals surface area contributed by atoms with Crippen molar-refractivity contribution >= 4 is 17.4 Å². The zero-order chi connectivity index (χ0) is 23.4. The van der Waals surface area contributed by atoms with Crippen LogP contribution in [0.2, 0.25) is 5.15 Å². The fraction of sp³-hybridized carbons (Fsp3) is 0.304. The van der Waals surface area contributed by atoms with Gasteiger partial charge in [0.15, 0.2) is 0 Å². The van der Waals surface area contributed by atoms with E-state index in [1.807, 2.05) is 39.0 Å². The van der Waals surface area contributed by atoms with Gasteiger partial charge in [0, 0.05) is 6.42 Å². The topological polar surface area (TPSA) is 127 Å². The Bertz CT molecular complexity index is 1280. The summed E-state index contributed by atoms with van der Waals surface area (Å²) in [5.41, 5.74) is 7.53. The van der Waals surface area contributed by atoms with Crippen LogP contribution in [0, 0.1) is 18.3 Å². The van der Waals surface area contributed by atoms with Gasteiger partial charge in [-0.3, -0.25) is 14.3 Å². The van der Waals surface area contributed by atoms with Crippen molar-refractivity contribution in [2.75, 3.05) is 5.73 Å². The zero-order valence-electron chi connectivity index (χ0n) is 18.1. The quantitative estimate of drug-likeness (QED) is 0.522. The molecule has 0 saturated heterocycles. The Balaban J connectivity index is 2.15. The highest BCUT2D eigenvalue weighted by Crippen LogP contribution is 2.29. The van der Waals surface area contributed by atoms with E-state index in [-0.39, 0.29) is 29.3 Å². The number of hydrogen-bond acceptors (Lipinski definition) is 6. The van der Waals surface area contributed by atoms with E-state index in [1.165, 1.54) is 4.57 Å². The lowest BCUT2D eigenvalue weighted by Crippen LogP contribution is -2.34. The van der Waals surface area contributed by atoms with E-state index in [0.717, 1.165) is 11.1 Å². The predicted molar refractivity (Wildman–Crippen MR) is 123 cm³/mol. The summed E-state index contributed by atoms with van der Waals surface area (Å²) >= 11 is 6.02. The molecule has 0 aliphatic carbocycles. The van der Waals surface area contributed by atoms with Crippen molar-refractivity contribution in [1.82, 2.24) is 14.5 Å². The summed E-state index contributed by atoms with van der Waals surface area (Å²) in [5, 5.41) is 9.09. The number of nitrogen functional groups attached to an aromatic ring is 1. The zero-order valence-corrected chi connectivity index (χ0v) is 18.9. The molecule has 0 saturated carbocycles. The van der Waals surface area contributed by atoms with Crippen LogP contribution in [0.5, 0.6) is 11.6 Å². The van der Waals surface area contributed by atoms with Crippen LogP contribution in [0.15, 0.2) is 39.9 Å². The minimum atomic E-state index is -0.613. The molecule has 0 atom stereocenters. The largest absolute Gasteiger partial charge is 0.440 e. The summed E-state index contributed by atoms with van der Waals surface area (Å²) in [4.78, 5) is 31.7. The molecule has 0 aliphatic heterocycles. The van der Waals surface area contributed by atoms with Crippen LogP contribution in [0.25, 0.3) is 0 Å². The molecule has 2 heterocycles. The number of benzene rings is 1. The van der Waals surface area contributed by atoms with Crippen LogP contribution in [-0.4, -0.2) is 14.5 Å². The number of ether oxygens (including phenoxy) is 1. The Labute approximate surface area is 190 Å². The number of H-pyrrole nitrogens is 1. The van der Waals surface area contributed by atoms with E-state index < -0.39 is 11.2 Å². The third kappa shape index (κ3) is 5.37. The lowest BCUT2D eigenvalue weighted by atomic mass is 10.1. The van der Waals surface area contributed by atoms with Crippen molar-refractivity contribution in [1.29, 1.82) is 5.26 Å². The fourth-order valence-corrected chi connectivity index (χ4v) is 3.75. The van der Waals surface area contributed by atoms with Crippen LogP contribution in [0.1, 0.15) is 48.4 Å². The van der Waals surface area contributed by atoms with E-state index in [1.54, 1.807) is 12.1 Å². The summed E-state index contributed by atoms with van der Waals surface area (Å²) in [5.74, 6) is 0.634. The highest BCUT2D eigenvalue weighted by atomic mass is 35.5. The first-order valence-electron chi connectivity index (χ1n) is 10.1. The van der Waals surface area contributed by atoms with E-state index in [2.05, 4.69) is 16.0 Å². The second-order valence-electron chi connectivity index (χ2n) is 7.86. The summed E-state index contributed by atoms with van der Waals surface area (Å²) < 4.78 is 7.52. The molecule has 1 aromatic carbocycles. The minimum absolute atomic E-state index is 0.0736. The van der Waals surface area contributed by atoms with Gasteiger partial charge in [-0.1, -0.05) is 31.5 Å². The van der Waals surface area contributed by atoms with E-state index in [9.17, 15) is 9.59 Å². The molecule has 0 amide bonds. The van der Waals surface area contributed by atoms with Gasteiger partial charge in [-0.25, -0.2) is 9.78 Å². The van der Waals surface area contributed by atoms with Gasteiger partial charge >= 0.3 is 5.69 Å². The first kappa shape index (κ1) is 23.1. The summed E-state index contributed by atoms with van der Waals surface area (Å²) in [7, 11) is 0. The molecular formula is C23H24ClN5O3. The minimum Gasteiger partial charge on any atom is -0.440 e. The maximum atomic E-state index is 12.8. The van der Waals surface area contributed by atoms with Crippen LogP contribution >= 0.6 is 11.6 Å². The first-order chi connectivity index (χ1) is 15.2. The van der Waals surface area contributed by atoms with E-state index in [4.69, 9.17) is 27.3 Å². The number of aryl methyl sites for hydroxylation is 2. The van der Waals surface area contributed by atoms with Crippen molar-refractivity contribution < 1.29 is 4.74 Å². The molecule has 0 fully saturated rings. The van der Waals surface area contributed by atoms with Crippen LogP contribution in [-0.2, 0) is 13.0 Å². The van der Waals surface area contributed by atoms with Crippen LogP contribution < -0.4 is 21.7 Å². The number of pyridine rings is 1. The van der Waals surface area contributed by atoms with Gasteiger partial charge in [-0.15, -0.1) is 0 Å². The molecule has 8 nitrogen and oxygen atoms in total. The molecule has 0 spiro atoms. The highest BCUT2D eigenvalue weighted by molar-refractivity contribution is 6.29. The van der Waals surface area contributed by atoms with Crippen molar-refractivity contribution in [2.45, 2.75) is 46.1 Å². The first-order valence-corrected chi connectivity index (χ1v) is 10.5. The van der Waals surface area contributed by atoms with E-state index in [0.29, 0.717) is 29.7 Å². The molecule has 0 unspecified atom stereocenters. The molecule has 32 heavy (non-hydrogen) atoms. The van der Waals surface area contributed by atoms with Crippen molar-refractivity contribution in [3.63, 3.8) is 0 Å². The molecule has 166 valence electrons. The molecule has 3 aromatic rings. The fourth-order valence-electron chi connectivity index (χ4n) is 3.52. The van der Waals surface area contributed by atoms with Gasteiger partial charge in [-0.2, -0.15) is 5.26 Å². The second kappa shape index (κ2) is 9.71. The second-order valence-corrected chi connectivity index (χ2v) is 8.24. The molecule has 0 radical (unpaired) electrons. The van der Waals surface area contributed by atoms with Crippen LogP contribution in [0.4, 0.5) is 5.82 Å². The van der Waals surface area contributed by atoms with Gasteiger partial charge < -0.3 is 10.5 Å². The average molecular weight is 454 g/mol. The lowest BCUT2D eigenvalue weighted by molar-refractivity contribution is 0.409. The maximum Gasteiger partial charge on any atom is 0.331 e. The molecule has 9 heteroatoms. The smallest absolute Gasteiger partial charge is 0.331 e. The molecular weight excluding hydrogens is 430 g/mol. The Morgan fingerprint density at radius 3 is 2.62 bits per heavy atom. The maximum absolute atomic E-state index is 12.8. The SMILES string of the molecule is Cc1cc(CCC#N)cc(Oc2c(C(C)C)c(=O)[nH]c(=O)n2Cc2cc(N)nc(Cl)c2)c1. The summed E-state index contributed by atoms with van der Waals surface area (Å²) in [6.07, 6.45) is 0.947. The summed E-state index contributed by atoms with van der Waals surface area (Å²) in [6.45, 7) is 5.69. The van der Waals surface area contributed by atoms with Crippen LogP contribution in [0.3, 0.4) is 0 Å². The Morgan fingerprint density at radius 2 is 1.97 bits per heavy atom.